The van der Waals surface area contributed by atoms with Crippen LogP contribution in [0.4, 0.5) is 5.69 Å². The number of benzene rings is 2. The van der Waals surface area contributed by atoms with E-state index in [1.165, 1.54) is 0 Å². The second kappa shape index (κ2) is 12.4. The first-order valence-electron chi connectivity index (χ1n) is 14.4. The van der Waals surface area contributed by atoms with E-state index in [0.29, 0.717) is 37.0 Å². The van der Waals surface area contributed by atoms with Crippen molar-refractivity contribution in [2.75, 3.05) is 25.1 Å². The summed E-state index contributed by atoms with van der Waals surface area (Å²) in [5.74, 6) is 0.0786. The first-order chi connectivity index (χ1) is 19.6. The Morgan fingerprint density at radius 1 is 1.07 bits per heavy atom. The molecule has 0 bridgehead atoms. The third kappa shape index (κ3) is 6.67. The molecule has 0 spiro atoms. The van der Waals surface area contributed by atoms with Crippen LogP contribution in [-0.2, 0) is 25.4 Å². The molecule has 2 fully saturated rings. The Hall–Kier alpha value is -3.18. The molecule has 5 rings (SSSR count). The van der Waals surface area contributed by atoms with Gasteiger partial charge in [-0.3, -0.25) is 4.79 Å². The van der Waals surface area contributed by atoms with Crippen molar-refractivity contribution in [1.29, 1.82) is 0 Å². The van der Waals surface area contributed by atoms with Crippen molar-refractivity contribution in [1.82, 2.24) is 9.78 Å². The van der Waals surface area contributed by atoms with Gasteiger partial charge in [-0.1, -0.05) is 42.5 Å². The Morgan fingerprint density at radius 2 is 1.83 bits per heavy atom. The van der Waals surface area contributed by atoms with E-state index in [2.05, 4.69) is 10.4 Å². The molecule has 41 heavy (non-hydrogen) atoms. The summed E-state index contributed by atoms with van der Waals surface area (Å²) >= 11 is 0. The van der Waals surface area contributed by atoms with Crippen molar-refractivity contribution in [3.05, 3.63) is 71.5 Å². The summed E-state index contributed by atoms with van der Waals surface area (Å²) in [7, 11) is -0.475. The Morgan fingerprint density at radius 3 is 2.51 bits per heavy atom. The van der Waals surface area contributed by atoms with E-state index < -0.39 is 18.3 Å². The van der Waals surface area contributed by atoms with Crippen LogP contribution in [0.2, 0.25) is 0 Å². The minimum absolute atomic E-state index is 0.284. The van der Waals surface area contributed by atoms with E-state index in [-0.39, 0.29) is 18.7 Å². The molecule has 9 nitrogen and oxygen atoms in total. The van der Waals surface area contributed by atoms with Crippen molar-refractivity contribution >= 4 is 24.2 Å². The Kier molecular flexibility index (Phi) is 8.84. The summed E-state index contributed by atoms with van der Waals surface area (Å²) in [6, 6.07) is 15.8. The van der Waals surface area contributed by atoms with E-state index in [4.69, 9.17) is 23.5 Å². The molecule has 10 heteroatoms. The molecule has 2 aromatic carbocycles. The molecule has 0 aliphatic carbocycles. The maximum atomic E-state index is 13.7. The lowest BCUT2D eigenvalue weighted by Crippen LogP contribution is -2.41. The lowest BCUT2D eigenvalue weighted by Gasteiger charge is -2.32. The molecule has 2 saturated heterocycles. The van der Waals surface area contributed by atoms with Gasteiger partial charge in [-0.05, 0) is 76.5 Å². The van der Waals surface area contributed by atoms with Gasteiger partial charge in [0.05, 0.1) is 30.6 Å². The molecule has 3 aromatic rings. The summed E-state index contributed by atoms with van der Waals surface area (Å²) in [4.78, 5) is 13.7. The molecule has 2 aliphatic heterocycles. The average molecular weight is 561 g/mol. The maximum Gasteiger partial charge on any atom is 0.494 e. The second-order valence-electron chi connectivity index (χ2n) is 11.6. The highest BCUT2D eigenvalue weighted by Gasteiger charge is 2.51. The van der Waals surface area contributed by atoms with Gasteiger partial charge in [-0.15, -0.1) is 0 Å². The molecule has 0 saturated carbocycles. The number of aromatic nitrogens is 2. The van der Waals surface area contributed by atoms with Gasteiger partial charge in [0.15, 0.2) is 17.7 Å². The van der Waals surface area contributed by atoms with Crippen LogP contribution >= 0.6 is 0 Å². The average Bonchev–Trinajstić information content (AvgIpc) is 3.47. The lowest BCUT2D eigenvalue weighted by atomic mass is 9.78. The fourth-order valence-corrected chi connectivity index (χ4v) is 4.91. The zero-order chi connectivity index (χ0) is 29.0. The van der Waals surface area contributed by atoms with Crippen LogP contribution in [0, 0.1) is 6.92 Å². The number of amides is 1. The number of carbonyl (C=O) groups is 1. The van der Waals surface area contributed by atoms with Gasteiger partial charge in [0.25, 0.3) is 5.91 Å². The molecular formula is C31H40BN3O6. The van der Waals surface area contributed by atoms with Gasteiger partial charge >= 0.3 is 7.12 Å². The Labute approximate surface area is 242 Å². The first kappa shape index (κ1) is 29.3. The van der Waals surface area contributed by atoms with E-state index in [1.54, 1.807) is 10.9 Å². The van der Waals surface area contributed by atoms with Crippen molar-refractivity contribution in [3.63, 3.8) is 0 Å². The Bertz CT molecular complexity index is 1320. The smallest absolute Gasteiger partial charge is 0.487 e. The highest BCUT2D eigenvalue weighted by Crippen LogP contribution is 2.36. The molecule has 1 aromatic heterocycles. The lowest BCUT2D eigenvalue weighted by molar-refractivity contribution is -0.0406. The monoisotopic (exact) mass is 561 g/mol. The summed E-state index contributed by atoms with van der Waals surface area (Å²) in [5, 5.41) is 7.55. The van der Waals surface area contributed by atoms with Crippen molar-refractivity contribution in [2.45, 2.75) is 77.9 Å². The number of anilines is 1. The van der Waals surface area contributed by atoms with Crippen LogP contribution in [-0.4, -0.2) is 53.8 Å². The van der Waals surface area contributed by atoms with Gasteiger partial charge in [0.2, 0.25) is 0 Å². The van der Waals surface area contributed by atoms with Gasteiger partial charge < -0.3 is 28.8 Å². The van der Waals surface area contributed by atoms with Crippen molar-refractivity contribution in [2.24, 2.45) is 0 Å². The molecule has 218 valence electrons. The third-order valence-electron chi connectivity index (χ3n) is 8.03. The number of nitrogens with one attached hydrogen (secondary N) is 1. The van der Waals surface area contributed by atoms with Gasteiger partial charge in [0.1, 0.15) is 6.61 Å². The molecule has 3 heterocycles. The fourth-order valence-electron chi connectivity index (χ4n) is 4.91. The SMILES string of the molecule is Cc1cc(B2OC(C)(C)C(C)(C)O2)ccc1NC(=O)c1c(OCCOCc2ccccc2)cnn1C1CCCCO1. The number of ether oxygens (including phenoxy) is 3. The molecule has 0 radical (unpaired) electrons. The largest absolute Gasteiger partial charge is 0.494 e. The third-order valence-corrected chi connectivity index (χ3v) is 8.03. The summed E-state index contributed by atoms with van der Waals surface area (Å²) in [5.41, 5.74) is 3.04. The predicted molar refractivity (Wildman–Crippen MR) is 158 cm³/mol. The summed E-state index contributed by atoms with van der Waals surface area (Å²) < 4.78 is 31.8. The molecular weight excluding hydrogens is 521 g/mol. The van der Waals surface area contributed by atoms with E-state index in [0.717, 1.165) is 35.9 Å². The first-order valence-corrected chi connectivity index (χ1v) is 14.4. The van der Waals surface area contributed by atoms with Crippen molar-refractivity contribution in [3.8, 4) is 5.75 Å². The number of hydrogen-bond acceptors (Lipinski definition) is 7. The minimum Gasteiger partial charge on any atom is -0.487 e. The highest BCUT2D eigenvalue weighted by atomic mass is 16.7. The predicted octanol–water partition coefficient (Wildman–Crippen LogP) is 5.04. The quantitative estimate of drug-likeness (QED) is 0.274. The van der Waals surface area contributed by atoms with Crippen LogP contribution in [0.5, 0.6) is 5.75 Å². The molecule has 2 aliphatic rings. The number of carbonyl (C=O) groups excluding carboxylic acids is 1. The number of rotatable bonds is 10. The van der Waals surface area contributed by atoms with Crippen LogP contribution in [0.1, 0.15) is 74.8 Å². The fraction of sp³-hybridized carbons (Fsp3) is 0.484. The Balaban J connectivity index is 1.28. The number of hydrogen-bond donors (Lipinski definition) is 1. The number of nitrogens with zero attached hydrogens (tertiary/aromatic N) is 2. The van der Waals surface area contributed by atoms with Gasteiger partial charge in [-0.25, -0.2) is 4.68 Å². The zero-order valence-electron chi connectivity index (χ0n) is 24.6. The van der Waals surface area contributed by atoms with Crippen LogP contribution in [0.25, 0.3) is 0 Å². The normalized spacial score (nSPS) is 19.7. The number of aryl methyl sites for hydroxylation is 1. The minimum atomic E-state index is -0.475. The maximum absolute atomic E-state index is 13.7. The van der Waals surface area contributed by atoms with E-state index in [1.807, 2.05) is 83.1 Å². The molecule has 1 unspecified atom stereocenters. The standard InChI is InChI=1S/C31H40BN3O6/c1-22-19-24(32-40-30(2,3)31(4,5)41-32)14-15-25(22)34-29(36)28-26(20-33-35(28)27-13-9-10-16-39-27)38-18-17-37-21-23-11-7-6-8-12-23/h6-8,11-12,14-15,19-20,27H,9-10,13,16-18,21H2,1-5H3,(H,34,36). The van der Waals surface area contributed by atoms with Crippen LogP contribution < -0.4 is 15.5 Å². The molecule has 1 N–H and O–H groups in total. The second-order valence-corrected chi connectivity index (χ2v) is 11.6. The van der Waals surface area contributed by atoms with E-state index in [9.17, 15) is 4.79 Å². The van der Waals surface area contributed by atoms with Gasteiger partial charge in [-0.2, -0.15) is 5.10 Å². The zero-order valence-corrected chi connectivity index (χ0v) is 24.6. The molecule has 1 amide bonds. The van der Waals surface area contributed by atoms with E-state index >= 15 is 0 Å². The summed E-state index contributed by atoms with van der Waals surface area (Å²) in [6.07, 6.45) is 4.05. The van der Waals surface area contributed by atoms with Crippen molar-refractivity contribution < 1.29 is 28.3 Å². The summed E-state index contributed by atoms with van der Waals surface area (Å²) in [6.45, 7) is 11.9. The van der Waals surface area contributed by atoms with Gasteiger partial charge in [0, 0.05) is 12.3 Å². The topological polar surface area (TPSA) is 93.1 Å². The van der Waals surface area contributed by atoms with Crippen LogP contribution in [0.3, 0.4) is 0 Å². The highest BCUT2D eigenvalue weighted by molar-refractivity contribution is 6.62. The molecule has 1 atom stereocenters. The van der Waals surface area contributed by atoms with Crippen LogP contribution in [0.15, 0.2) is 54.7 Å².